The second-order valence-corrected chi connectivity index (χ2v) is 10.6. The van der Waals surface area contributed by atoms with Gasteiger partial charge in [0.05, 0.1) is 17.5 Å². The first-order valence-electron chi connectivity index (χ1n) is 12.0. The van der Waals surface area contributed by atoms with E-state index in [1.807, 2.05) is 30.3 Å². The molecule has 0 radical (unpaired) electrons. The molecular formula is C31H28FNO3S. The van der Waals surface area contributed by atoms with Crippen molar-refractivity contribution in [1.29, 1.82) is 0 Å². The lowest BCUT2D eigenvalue weighted by Crippen LogP contribution is -2.32. The highest BCUT2D eigenvalue weighted by Gasteiger charge is 2.32. The van der Waals surface area contributed by atoms with Gasteiger partial charge in [0.2, 0.25) is 0 Å². The minimum Gasteiger partial charge on any atom is -0.496 e. The average molecular weight is 514 g/mol. The average Bonchev–Trinajstić information content (AvgIpc) is 3.37. The lowest BCUT2D eigenvalue weighted by molar-refractivity contribution is -0.132. The van der Waals surface area contributed by atoms with Crippen molar-refractivity contribution >= 4 is 29.1 Å². The first-order chi connectivity index (χ1) is 17.8. The number of carbonyl (C=O) groups is 1. The van der Waals surface area contributed by atoms with Crippen molar-refractivity contribution in [3.63, 3.8) is 0 Å². The van der Waals surface area contributed by atoms with E-state index < -0.39 is 6.10 Å². The molecular weight excluding hydrogens is 485 g/mol. The molecule has 3 aromatic carbocycles. The van der Waals surface area contributed by atoms with Gasteiger partial charge >= 0.3 is 0 Å². The van der Waals surface area contributed by atoms with Crippen LogP contribution in [0.3, 0.4) is 0 Å². The number of halogens is 1. The molecule has 0 bridgehead atoms. The number of hydrogen-bond donors (Lipinski definition) is 1. The Hall–Kier alpha value is -3.90. The number of allylic oxidation sites excluding steroid dienone is 1. The quantitative estimate of drug-likeness (QED) is 0.254. The normalized spacial score (nSPS) is 14.7. The summed E-state index contributed by atoms with van der Waals surface area (Å²) in [5.74, 6) is 0.0268. The predicted molar refractivity (Wildman–Crippen MR) is 148 cm³/mol. The second kappa shape index (κ2) is 9.87. The van der Waals surface area contributed by atoms with Crippen molar-refractivity contribution in [3.05, 3.63) is 100 Å². The summed E-state index contributed by atoms with van der Waals surface area (Å²) in [6.45, 7) is 6.79. The molecule has 188 valence electrons. The molecule has 6 heteroatoms. The van der Waals surface area contributed by atoms with E-state index in [1.165, 1.54) is 19.2 Å². The van der Waals surface area contributed by atoms with Crippen molar-refractivity contribution in [2.45, 2.75) is 32.4 Å². The van der Waals surface area contributed by atoms with Crippen LogP contribution in [-0.2, 0) is 9.53 Å². The van der Waals surface area contributed by atoms with Gasteiger partial charge in [-0.25, -0.2) is 4.39 Å². The summed E-state index contributed by atoms with van der Waals surface area (Å²) in [7, 11) is 1.52. The molecule has 4 nitrogen and oxygen atoms in total. The Balaban J connectivity index is 1.77. The fourth-order valence-corrected chi connectivity index (χ4v) is 6.10. The van der Waals surface area contributed by atoms with Crippen LogP contribution in [0.15, 0.2) is 78.2 Å². The van der Waals surface area contributed by atoms with E-state index >= 15 is 0 Å². The van der Waals surface area contributed by atoms with Crippen molar-refractivity contribution in [3.8, 4) is 28.0 Å². The van der Waals surface area contributed by atoms with E-state index in [0.29, 0.717) is 12.2 Å². The molecule has 1 unspecified atom stereocenters. The first-order valence-corrected chi connectivity index (χ1v) is 12.9. The minimum absolute atomic E-state index is 0.242. The van der Waals surface area contributed by atoms with Gasteiger partial charge in [0.25, 0.3) is 6.47 Å². The maximum atomic E-state index is 14.1. The highest BCUT2D eigenvalue weighted by Crippen LogP contribution is 2.48. The predicted octanol–water partition coefficient (Wildman–Crippen LogP) is 8.10. The third kappa shape index (κ3) is 4.77. The second-order valence-electron chi connectivity index (χ2n) is 9.68. The zero-order chi connectivity index (χ0) is 26.2. The van der Waals surface area contributed by atoms with E-state index in [0.717, 1.165) is 49.5 Å². The number of hydrogen-bond acceptors (Lipinski definition) is 5. The van der Waals surface area contributed by atoms with E-state index in [1.54, 1.807) is 17.4 Å². The number of anilines is 1. The zero-order valence-electron chi connectivity index (χ0n) is 21.2. The Morgan fingerprint density at radius 1 is 1.00 bits per heavy atom. The lowest BCUT2D eigenvalue weighted by Gasteiger charge is -2.34. The van der Waals surface area contributed by atoms with E-state index in [9.17, 15) is 9.18 Å². The largest absolute Gasteiger partial charge is 0.496 e. The molecule has 4 aromatic rings. The van der Waals surface area contributed by atoms with Crippen LogP contribution in [0.4, 0.5) is 10.1 Å². The molecule has 0 fully saturated rings. The summed E-state index contributed by atoms with van der Waals surface area (Å²) in [5, 5.41) is 5.67. The number of fused-ring (bicyclic) bond motifs is 1. The molecule has 0 saturated heterocycles. The van der Waals surface area contributed by atoms with E-state index in [2.05, 4.69) is 55.7 Å². The van der Waals surface area contributed by atoms with Crippen LogP contribution < -0.4 is 10.1 Å². The smallest absolute Gasteiger partial charge is 0.294 e. The highest BCUT2D eigenvalue weighted by molar-refractivity contribution is 7.10. The van der Waals surface area contributed by atoms with Crippen molar-refractivity contribution in [2.75, 3.05) is 12.4 Å². The molecule has 0 saturated carbocycles. The van der Waals surface area contributed by atoms with E-state index in [-0.39, 0.29) is 11.4 Å². The number of ether oxygens (including phenoxy) is 2. The van der Waals surface area contributed by atoms with Crippen molar-refractivity contribution in [1.82, 2.24) is 0 Å². The van der Waals surface area contributed by atoms with Gasteiger partial charge in [0, 0.05) is 28.4 Å². The molecule has 0 aliphatic carbocycles. The highest BCUT2D eigenvalue weighted by atomic mass is 32.1. The fraction of sp³-hybridized carbons (Fsp3) is 0.194. The lowest BCUT2D eigenvalue weighted by atomic mass is 9.82. The summed E-state index contributed by atoms with van der Waals surface area (Å²) >= 11 is 1.54. The Bertz CT molecular complexity index is 1490. The Kier molecular flexibility index (Phi) is 6.61. The standard InChI is InChI=1S/C31H28FNO3S/c1-19-16-31(2,3)33-25-13-12-24(23-11-10-22(32)15-26(23)35-4)29(28(19)25)30(36-18-34)27-14-21(17-37-27)20-8-6-5-7-9-20/h5-18,30,33H,1-4H3. The summed E-state index contributed by atoms with van der Waals surface area (Å²) in [6.07, 6.45) is 1.50. The van der Waals surface area contributed by atoms with Crippen LogP contribution in [-0.4, -0.2) is 19.1 Å². The molecule has 1 N–H and O–H groups in total. The van der Waals surface area contributed by atoms with Crippen LogP contribution in [0.25, 0.3) is 27.8 Å². The summed E-state index contributed by atoms with van der Waals surface area (Å²) in [6, 6.07) is 20.7. The fourth-order valence-electron chi connectivity index (χ4n) is 5.15. The number of rotatable bonds is 7. The Morgan fingerprint density at radius 2 is 1.76 bits per heavy atom. The van der Waals surface area contributed by atoms with Crippen LogP contribution in [0.5, 0.6) is 5.75 Å². The van der Waals surface area contributed by atoms with Crippen molar-refractivity contribution < 1.29 is 18.7 Å². The summed E-state index contributed by atoms with van der Waals surface area (Å²) in [4.78, 5) is 12.8. The minimum atomic E-state index is -0.675. The number of methoxy groups -OCH3 is 1. The monoisotopic (exact) mass is 513 g/mol. The third-order valence-corrected chi connectivity index (χ3v) is 7.54. The van der Waals surface area contributed by atoms with Crippen LogP contribution in [0.1, 0.15) is 42.9 Å². The molecule has 1 atom stereocenters. The molecule has 1 aliphatic heterocycles. The number of nitrogens with one attached hydrogen (secondary N) is 1. The van der Waals surface area contributed by atoms with Gasteiger partial charge in [-0.05, 0) is 72.7 Å². The van der Waals surface area contributed by atoms with Crippen LogP contribution >= 0.6 is 11.3 Å². The van der Waals surface area contributed by atoms with Gasteiger partial charge in [-0.3, -0.25) is 4.79 Å². The van der Waals surface area contributed by atoms with Crippen LogP contribution in [0, 0.1) is 5.82 Å². The molecule has 5 rings (SSSR count). The number of benzene rings is 3. The summed E-state index contributed by atoms with van der Waals surface area (Å²) < 4.78 is 25.5. The molecule has 0 amide bonds. The van der Waals surface area contributed by atoms with Gasteiger partial charge in [0.1, 0.15) is 11.6 Å². The third-order valence-electron chi connectivity index (χ3n) is 6.57. The summed E-state index contributed by atoms with van der Waals surface area (Å²) in [5.41, 5.74) is 7.23. The molecule has 1 aromatic heterocycles. The van der Waals surface area contributed by atoms with Crippen LogP contribution in [0.2, 0.25) is 0 Å². The van der Waals surface area contributed by atoms with Crippen molar-refractivity contribution in [2.24, 2.45) is 0 Å². The number of thiophene rings is 1. The maximum absolute atomic E-state index is 14.1. The number of carbonyl (C=O) groups excluding carboxylic acids is 1. The zero-order valence-corrected chi connectivity index (χ0v) is 22.0. The van der Waals surface area contributed by atoms with Gasteiger partial charge in [-0.2, -0.15) is 0 Å². The topological polar surface area (TPSA) is 47.6 Å². The molecule has 37 heavy (non-hydrogen) atoms. The molecule has 1 aliphatic rings. The molecule has 0 spiro atoms. The Morgan fingerprint density at radius 3 is 2.49 bits per heavy atom. The first kappa shape index (κ1) is 24.8. The molecule has 2 heterocycles. The van der Waals surface area contributed by atoms with Gasteiger partial charge in [0.15, 0.2) is 6.10 Å². The van der Waals surface area contributed by atoms with Gasteiger partial charge in [-0.1, -0.05) is 42.5 Å². The maximum Gasteiger partial charge on any atom is 0.294 e. The SMILES string of the molecule is COc1cc(F)ccc1-c1ccc2c(c1C(OC=O)c1cc(-c3ccccc3)cs1)C(C)=CC(C)(C)N2. The Labute approximate surface area is 220 Å². The van der Waals surface area contributed by atoms with Gasteiger partial charge < -0.3 is 14.8 Å². The van der Waals surface area contributed by atoms with E-state index in [4.69, 9.17) is 9.47 Å². The van der Waals surface area contributed by atoms with Gasteiger partial charge in [-0.15, -0.1) is 11.3 Å².